The molecule has 0 bridgehead atoms. The molecule has 1 unspecified atom stereocenters. The van der Waals surface area contributed by atoms with Crippen LogP contribution in [0.25, 0.3) is 0 Å². The lowest BCUT2D eigenvalue weighted by Crippen LogP contribution is -2.13. The van der Waals surface area contributed by atoms with Crippen LogP contribution in [0.1, 0.15) is 21.4 Å². The predicted octanol–water partition coefficient (Wildman–Crippen LogP) is 2.14. The van der Waals surface area contributed by atoms with Gasteiger partial charge in [0.05, 0.1) is 0 Å². The lowest BCUT2D eigenvalue weighted by molar-refractivity contribution is -0.148. The van der Waals surface area contributed by atoms with Gasteiger partial charge in [-0.1, -0.05) is 0 Å². The lowest BCUT2D eigenvalue weighted by Gasteiger charge is -2.09. The summed E-state index contributed by atoms with van der Waals surface area (Å²) in [5.41, 5.74) is 0.762. The number of thiophene rings is 1. The van der Waals surface area contributed by atoms with Gasteiger partial charge in [0.1, 0.15) is 0 Å². The summed E-state index contributed by atoms with van der Waals surface area (Å²) in [6.07, 6.45) is -0.829. The number of carboxylic acids is 1. The Hall–Kier alpha value is -0.870. The van der Waals surface area contributed by atoms with Crippen molar-refractivity contribution in [1.82, 2.24) is 0 Å². The Labute approximate surface area is 81.0 Å². The highest BCUT2D eigenvalue weighted by molar-refractivity contribution is 7.12. The van der Waals surface area contributed by atoms with Gasteiger partial charge in [0.25, 0.3) is 0 Å². The average molecular weight is 200 g/mol. The Kier molecular flexibility index (Phi) is 3.06. The first-order chi connectivity index (χ1) is 6.06. The summed E-state index contributed by atoms with van der Waals surface area (Å²) in [5.74, 6) is -0.941. The van der Waals surface area contributed by atoms with Crippen molar-refractivity contribution in [3.63, 3.8) is 0 Å². The van der Waals surface area contributed by atoms with Crippen molar-refractivity contribution in [2.45, 2.75) is 20.0 Å². The molecule has 0 saturated carbocycles. The SMILES string of the molecule is COC(C(=O)O)c1cc(C)sc1C. The van der Waals surface area contributed by atoms with Crippen LogP contribution in [0.5, 0.6) is 0 Å². The molecule has 13 heavy (non-hydrogen) atoms. The summed E-state index contributed by atoms with van der Waals surface area (Å²) < 4.78 is 4.90. The van der Waals surface area contributed by atoms with Crippen LogP contribution in [0.2, 0.25) is 0 Å². The van der Waals surface area contributed by atoms with Gasteiger partial charge in [-0.3, -0.25) is 0 Å². The highest BCUT2D eigenvalue weighted by atomic mass is 32.1. The standard InChI is InChI=1S/C9H12O3S/c1-5-4-7(6(2)13-5)8(12-3)9(10)11/h4,8H,1-3H3,(H,10,11). The summed E-state index contributed by atoms with van der Waals surface area (Å²) >= 11 is 1.59. The first kappa shape index (κ1) is 10.2. The molecule has 0 aliphatic rings. The Morgan fingerprint density at radius 1 is 1.62 bits per heavy atom. The number of rotatable bonds is 3. The van der Waals surface area contributed by atoms with E-state index in [1.807, 2.05) is 19.9 Å². The maximum Gasteiger partial charge on any atom is 0.337 e. The zero-order valence-electron chi connectivity index (χ0n) is 7.83. The minimum Gasteiger partial charge on any atom is -0.479 e. The van der Waals surface area contributed by atoms with Crippen LogP contribution in [0.4, 0.5) is 0 Å². The summed E-state index contributed by atoms with van der Waals surface area (Å²) in [7, 11) is 1.41. The summed E-state index contributed by atoms with van der Waals surface area (Å²) in [6.45, 7) is 3.86. The minimum absolute atomic E-state index is 0.762. The van der Waals surface area contributed by atoms with Crippen LogP contribution < -0.4 is 0 Å². The number of carbonyl (C=O) groups is 1. The van der Waals surface area contributed by atoms with Gasteiger partial charge in [-0.15, -0.1) is 11.3 Å². The first-order valence-electron chi connectivity index (χ1n) is 3.88. The Balaban J connectivity index is 3.04. The number of hydrogen-bond acceptors (Lipinski definition) is 3. The van der Waals surface area contributed by atoms with Crippen molar-refractivity contribution in [1.29, 1.82) is 0 Å². The summed E-state index contributed by atoms with van der Waals surface area (Å²) in [6, 6.07) is 1.86. The highest BCUT2D eigenvalue weighted by Gasteiger charge is 2.22. The number of hydrogen-bond donors (Lipinski definition) is 1. The fourth-order valence-electron chi connectivity index (χ4n) is 1.27. The van der Waals surface area contributed by atoms with E-state index in [4.69, 9.17) is 9.84 Å². The third-order valence-electron chi connectivity index (χ3n) is 1.82. The third-order valence-corrected chi connectivity index (χ3v) is 2.80. The average Bonchev–Trinajstić information content (AvgIpc) is 2.31. The second kappa shape index (κ2) is 3.89. The van der Waals surface area contributed by atoms with E-state index in [0.29, 0.717) is 0 Å². The van der Waals surface area contributed by atoms with E-state index in [2.05, 4.69) is 0 Å². The number of aliphatic carboxylic acids is 1. The van der Waals surface area contributed by atoms with Gasteiger partial charge < -0.3 is 9.84 Å². The number of carboxylic acid groups (broad SMARTS) is 1. The van der Waals surface area contributed by atoms with Crippen LogP contribution in [0, 0.1) is 13.8 Å². The molecule has 0 amide bonds. The fourth-order valence-corrected chi connectivity index (χ4v) is 2.22. The van der Waals surface area contributed by atoms with Crippen molar-refractivity contribution in [3.8, 4) is 0 Å². The molecule has 1 rings (SSSR count). The molecule has 0 saturated heterocycles. The molecule has 4 heteroatoms. The zero-order valence-corrected chi connectivity index (χ0v) is 8.64. The van der Waals surface area contributed by atoms with Crippen molar-refractivity contribution < 1.29 is 14.6 Å². The van der Waals surface area contributed by atoms with Crippen LogP contribution in [0.15, 0.2) is 6.07 Å². The van der Waals surface area contributed by atoms with Crippen molar-refractivity contribution >= 4 is 17.3 Å². The maximum absolute atomic E-state index is 10.8. The minimum atomic E-state index is -0.941. The largest absolute Gasteiger partial charge is 0.479 e. The van der Waals surface area contributed by atoms with Crippen LogP contribution in [-0.2, 0) is 9.53 Å². The Bertz CT molecular complexity index is 317. The quantitative estimate of drug-likeness (QED) is 0.813. The molecule has 0 aliphatic heterocycles. The van der Waals surface area contributed by atoms with E-state index in [9.17, 15) is 4.79 Å². The number of methoxy groups -OCH3 is 1. The number of ether oxygens (including phenoxy) is 1. The van der Waals surface area contributed by atoms with Gasteiger partial charge in [0.2, 0.25) is 0 Å². The van der Waals surface area contributed by atoms with Gasteiger partial charge >= 0.3 is 5.97 Å². The van der Waals surface area contributed by atoms with E-state index in [0.717, 1.165) is 15.3 Å². The molecule has 0 radical (unpaired) electrons. The summed E-state index contributed by atoms with van der Waals surface area (Å²) in [5, 5.41) is 8.84. The van der Waals surface area contributed by atoms with Crippen molar-refractivity contribution in [2.75, 3.05) is 7.11 Å². The van der Waals surface area contributed by atoms with Crippen LogP contribution in [0.3, 0.4) is 0 Å². The van der Waals surface area contributed by atoms with E-state index < -0.39 is 12.1 Å². The molecule has 0 aliphatic carbocycles. The molecule has 3 nitrogen and oxygen atoms in total. The Morgan fingerprint density at radius 2 is 2.23 bits per heavy atom. The summed E-state index contributed by atoms with van der Waals surface area (Å²) in [4.78, 5) is 12.9. The maximum atomic E-state index is 10.8. The van der Waals surface area contributed by atoms with Crippen molar-refractivity contribution in [2.24, 2.45) is 0 Å². The van der Waals surface area contributed by atoms with Crippen LogP contribution >= 0.6 is 11.3 Å². The molecule has 0 fully saturated rings. The normalized spacial score (nSPS) is 12.8. The second-order valence-electron chi connectivity index (χ2n) is 2.82. The lowest BCUT2D eigenvalue weighted by atomic mass is 10.1. The third kappa shape index (κ3) is 2.08. The molecule has 1 atom stereocenters. The smallest absolute Gasteiger partial charge is 0.337 e. The van der Waals surface area contributed by atoms with Gasteiger partial charge in [-0.2, -0.15) is 0 Å². The molecular formula is C9H12O3S. The van der Waals surface area contributed by atoms with E-state index in [1.165, 1.54) is 7.11 Å². The molecule has 0 spiro atoms. The predicted molar refractivity (Wildman–Crippen MR) is 51.2 cm³/mol. The number of aryl methyl sites for hydroxylation is 2. The molecule has 72 valence electrons. The zero-order chi connectivity index (χ0) is 10.0. The van der Waals surface area contributed by atoms with Crippen molar-refractivity contribution in [3.05, 3.63) is 21.4 Å². The fraction of sp³-hybridized carbons (Fsp3) is 0.444. The molecule has 1 aromatic rings. The molecule has 1 aromatic heterocycles. The molecule has 0 aromatic carbocycles. The molecule has 1 N–H and O–H groups in total. The second-order valence-corrected chi connectivity index (χ2v) is 4.28. The van der Waals surface area contributed by atoms with E-state index >= 15 is 0 Å². The van der Waals surface area contributed by atoms with Gasteiger partial charge in [0, 0.05) is 22.4 Å². The van der Waals surface area contributed by atoms with E-state index in [1.54, 1.807) is 11.3 Å². The molecule has 1 heterocycles. The van der Waals surface area contributed by atoms with Gasteiger partial charge in [-0.25, -0.2) is 4.79 Å². The monoisotopic (exact) mass is 200 g/mol. The van der Waals surface area contributed by atoms with Crippen LogP contribution in [-0.4, -0.2) is 18.2 Å². The Morgan fingerprint density at radius 3 is 2.54 bits per heavy atom. The van der Waals surface area contributed by atoms with Gasteiger partial charge in [0.15, 0.2) is 6.10 Å². The van der Waals surface area contributed by atoms with E-state index in [-0.39, 0.29) is 0 Å². The highest BCUT2D eigenvalue weighted by Crippen LogP contribution is 2.28. The first-order valence-corrected chi connectivity index (χ1v) is 4.70. The molecular weight excluding hydrogens is 188 g/mol. The van der Waals surface area contributed by atoms with Gasteiger partial charge in [-0.05, 0) is 19.9 Å². The topological polar surface area (TPSA) is 46.5 Å².